The Kier molecular flexibility index (Phi) is 6.44. The number of carbonyl (C=O) groups excluding carboxylic acids is 1. The van der Waals surface area contributed by atoms with Crippen LogP contribution in [0.15, 0.2) is 23.4 Å². The molecule has 0 bridgehead atoms. The SMILES string of the molecule is CCCCC(NC(=O)c1ccc(S(=O)(=O)NC)nc1)C(=O)O. The van der Waals surface area contributed by atoms with E-state index in [0.717, 1.165) is 12.6 Å². The number of aliphatic carboxylic acids is 1. The molecule has 122 valence electrons. The van der Waals surface area contributed by atoms with E-state index < -0.39 is 27.9 Å². The average molecular weight is 329 g/mol. The molecular weight excluding hydrogens is 310 g/mol. The fourth-order valence-corrected chi connectivity index (χ4v) is 2.33. The number of nitrogens with zero attached hydrogens (tertiary/aromatic N) is 1. The number of nitrogens with one attached hydrogen (secondary N) is 2. The molecule has 1 amide bonds. The molecule has 0 aromatic carbocycles. The highest BCUT2D eigenvalue weighted by molar-refractivity contribution is 7.89. The smallest absolute Gasteiger partial charge is 0.326 e. The molecule has 9 heteroatoms. The van der Waals surface area contributed by atoms with Crippen LogP contribution < -0.4 is 10.0 Å². The molecular formula is C13H19N3O5S. The Labute approximate surface area is 129 Å². The minimum absolute atomic E-state index is 0.0952. The topological polar surface area (TPSA) is 125 Å². The van der Waals surface area contributed by atoms with Crippen LogP contribution in [-0.4, -0.2) is 43.5 Å². The molecule has 1 aromatic heterocycles. The molecule has 0 saturated heterocycles. The number of carboxylic acid groups (broad SMARTS) is 1. The van der Waals surface area contributed by atoms with Gasteiger partial charge in [-0.2, -0.15) is 0 Å². The summed E-state index contributed by atoms with van der Waals surface area (Å²) in [6, 6.07) is 1.49. The molecule has 0 aliphatic carbocycles. The van der Waals surface area contributed by atoms with Crippen molar-refractivity contribution in [3.05, 3.63) is 23.9 Å². The van der Waals surface area contributed by atoms with Crippen molar-refractivity contribution >= 4 is 21.9 Å². The van der Waals surface area contributed by atoms with Gasteiger partial charge in [0.1, 0.15) is 6.04 Å². The van der Waals surface area contributed by atoms with Crippen LogP contribution in [0.25, 0.3) is 0 Å². The van der Waals surface area contributed by atoms with Gasteiger partial charge in [0, 0.05) is 6.20 Å². The second kappa shape index (κ2) is 7.85. The van der Waals surface area contributed by atoms with Crippen molar-refractivity contribution in [3.63, 3.8) is 0 Å². The number of pyridine rings is 1. The maximum Gasteiger partial charge on any atom is 0.326 e. The van der Waals surface area contributed by atoms with E-state index in [9.17, 15) is 18.0 Å². The highest BCUT2D eigenvalue weighted by Gasteiger charge is 2.21. The zero-order valence-electron chi connectivity index (χ0n) is 12.4. The predicted octanol–water partition coefficient (Wildman–Crippen LogP) is 0.363. The molecule has 0 radical (unpaired) electrons. The fraction of sp³-hybridized carbons (Fsp3) is 0.462. The summed E-state index contributed by atoms with van der Waals surface area (Å²) in [6.45, 7) is 1.92. The molecule has 3 N–H and O–H groups in total. The van der Waals surface area contributed by atoms with Crippen molar-refractivity contribution in [1.82, 2.24) is 15.0 Å². The number of rotatable bonds is 8. The van der Waals surface area contributed by atoms with Crippen LogP contribution in [0, 0.1) is 0 Å². The molecule has 1 unspecified atom stereocenters. The van der Waals surface area contributed by atoms with E-state index in [1.807, 2.05) is 6.92 Å². The average Bonchev–Trinajstić information content (AvgIpc) is 2.51. The lowest BCUT2D eigenvalue weighted by Gasteiger charge is -2.14. The van der Waals surface area contributed by atoms with E-state index in [-0.39, 0.29) is 10.6 Å². The van der Waals surface area contributed by atoms with Gasteiger partial charge in [0.2, 0.25) is 0 Å². The van der Waals surface area contributed by atoms with Gasteiger partial charge in [0.25, 0.3) is 15.9 Å². The van der Waals surface area contributed by atoms with Gasteiger partial charge in [-0.05, 0) is 25.6 Å². The minimum atomic E-state index is -3.68. The van der Waals surface area contributed by atoms with Gasteiger partial charge in [0.05, 0.1) is 5.56 Å². The first-order chi connectivity index (χ1) is 10.3. The van der Waals surface area contributed by atoms with Gasteiger partial charge in [-0.15, -0.1) is 0 Å². The summed E-state index contributed by atoms with van der Waals surface area (Å²) in [5.74, 6) is -1.71. The lowest BCUT2D eigenvalue weighted by atomic mass is 10.1. The van der Waals surface area contributed by atoms with E-state index in [0.29, 0.717) is 12.8 Å². The fourth-order valence-electron chi connectivity index (χ4n) is 1.69. The molecule has 1 heterocycles. The lowest BCUT2D eigenvalue weighted by Crippen LogP contribution is -2.40. The first-order valence-electron chi connectivity index (χ1n) is 6.75. The number of amides is 1. The Balaban J connectivity index is 2.83. The van der Waals surface area contributed by atoms with E-state index in [4.69, 9.17) is 5.11 Å². The highest BCUT2D eigenvalue weighted by Crippen LogP contribution is 2.07. The number of hydrogen-bond acceptors (Lipinski definition) is 5. The second-order valence-corrected chi connectivity index (χ2v) is 6.43. The summed E-state index contributed by atoms with van der Waals surface area (Å²) < 4.78 is 25.1. The first kappa shape index (κ1) is 18.1. The third-order valence-corrected chi connectivity index (χ3v) is 4.32. The number of sulfonamides is 1. The summed E-state index contributed by atoms with van der Waals surface area (Å²) in [7, 11) is -2.42. The van der Waals surface area contributed by atoms with Crippen LogP contribution in [-0.2, 0) is 14.8 Å². The number of unbranched alkanes of at least 4 members (excludes halogenated alkanes) is 1. The Bertz CT molecular complexity index is 628. The van der Waals surface area contributed by atoms with Crippen molar-refractivity contribution in [2.45, 2.75) is 37.3 Å². The number of aromatic nitrogens is 1. The highest BCUT2D eigenvalue weighted by atomic mass is 32.2. The molecule has 0 spiro atoms. The van der Waals surface area contributed by atoms with Gasteiger partial charge in [-0.25, -0.2) is 22.9 Å². The maximum atomic E-state index is 12.0. The second-order valence-electron chi connectivity index (χ2n) is 4.60. The zero-order chi connectivity index (χ0) is 16.8. The van der Waals surface area contributed by atoms with E-state index >= 15 is 0 Å². The summed E-state index contributed by atoms with van der Waals surface area (Å²) in [5.41, 5.74) is 0.0952. The number of carbonyl (C=O) groups is 2. The monoisotopic (exact) mass is 329 g/mol. The van der Waals surface area contributed by atoms with Crippen molar-refractivity contribution in [3.8, 4) is 0 Å². The van der Waals surface area contributed by atoms with E-state index in [1.165, 1.54) is 19.2 Å². The standard InChI is InChI=1S/C13H19N3O5S/c1-3-4-5-10(13(18)19)16-12(17)9-6-7-11(15-8-9)22(20,21)14-2/h6-8,10,14H,3-5H2,1-2H3,(H,16,17)(H,18,19). The number of carboxylic acids is 1. The third-order valence-electron chi connectivity index (χ3n) is 2.99. The molecule has 22 heavy (non-hydrogen) atoms. The van der Waals surface area contributed by atoms with Crippen molar-refractivity contribution in [2.24, 2.45) is 0 Å². The van der Waals surface area contributed by atoms with Crippen LogP contribution >= 0.6 is 0 Å². The van der Waals surface area contributed by atoms with Gasteiger partial charge < -0.3 is 10.4 Å². The van der Waals surface area contributed by atoms with Crippen molar-refractivity contribution < 1.29 is 23.1 Å². The van der Waals surface area contributed by atoms with Crippen molar-refractivity contribution in [1.29, 1.82) is 0 Å². The molecule has 1 atom stereocenters. The molecule has 1 aromatic rings. The maximum absolute atomic E-state index is 12.0. The van der Waals surface area contributed by atoms with Crippen LogP contribution in [0.2, 0.25) is 0 Å². The van der Waals surface area contributed by atoms with E-state index in [1.54, 1.807) is 0 Å². The van der Waals surface area contributed by atoms with Crippen LogP contribution in [0.5, 0.6) is 0 Å². The van der Waals surface area contributed by atoms with Gasteiger partial charge in [-0.3, -0.25) is 4.79 Å². The Hall–Kier alpha value is -2.00. The summed E-state index contributed by atoms with van der Waals surface area (Å²) in [4.78, 5) is 26.8. The third kappa shape index (κ3) is 4.78. The van der Waals surface area contributed by atoms with E-state index in [2.05, 4.69) is 15.0 Å². The quantitative estimate of drug-likeness (QED) is 0.632. The lowest BCUT2D eigenvalue weighted by molar-refractivity contribution is -0.139. The van der Waals surface area contributed by atoms with Gasteiger partial charge >= 0.3 is 5.97 Å². The Morgan fingerprint density at radius 3 is 2.50 bits per heavy atom. The number of hydrogen-bond donors (Lipinski definition) is 3. The normalized spacial score (nSPS) is 12.6. The summed E-state index contributed by atoms with van der Waals surface area (Å²) in [5, 5.41) is 11.2. The van der Waals surface area contributed by atoms with Gasteiger partial charge in [-0.1, -0.05) is 19.8 Å². The summed E-state index contributed by atoms with van der Waals surface area (Å²) >= 11 is 0. The molecule has 0 aliphatic rings. The minimum Gasteiger partial charge on any atom is -0.480 e. The molecule has 0 aliphatic heterocycles. The Morgan fingerprint density at radius 2 is 2.05 bits per heavy atom. The molecule has 1 rings (SSSR count). The first-order valence-corrected chi connectivity index (χ1v) is 8.23. The summed E-state index contributed by atoms with van der Waals surface area (Å²) in [6.07, 6.45) is 2.92. The van der Waals surface area contributed by atoms with Gasteiger partial charge in [0.15, 0.2) is 5.03 Å². The Morgan fingerprint density at radius 1 is 1.36 bits per heavy atom. The largest absolute Gasteiger partial charge is 0.480 e. The molecule has 8 nitrogen and oxygen atoms in total. The van der Waals surface area contributed by atoms with Crippen LogP contribution in [0.3, 0.4) is 0 Å². The molecule has 0 fully saturated rings. The van der Waals surface area contributed by atoms with Crippen molar-refractivity contribution in [2.75, 3.05) is 7.05 Å². The van der Waals surface area contributed by atoms with Crippen LogP contribution in [0.4, 0.5) is 0 Å². The zero-order valence-corrected chi connectivity index (χ0v) is 13.2. The molecule has 0 saturated carbocycles. The van der Waals surface area contributed by atoms with Crippen LogP contribution in [0.1, 0.15) is 36.5 Å². The predicted molar refractivity (Wildman–Crippen MR) is 78.9 cm³/mol.